The van der Waals surface area contributed by atoms with Gasteiger partial charge < -0.3 is 21.0 Å². The Balaban J connectivity index is 1.32. The van der Waals surface area contributed by atoms with Gasteiger partial charge in [-0.15, -0.1) is 23.1 Å². The van der Waals surface area contributed by atoms with Gasteiger partial charge in [-0.2, -0.15) is 4.57 Å². The molecule has 3 aromatic rings. The van der Waals surface area contributed by atoms with Gasteiger partial charge in [-0.1, -0.05) is 16.5 Å². The lowest BCUT2D eigenvalue weighted by molar-refractivity contribution is -0.658. The van der Waals surface area contributed by atoms with E-state index in [4.69, 9.17) is 5.73 Å². The molecular formula is C23H20FN6O5S3+. The van der Waals surface area contributed by atoms with Crippen LogP contribution in [0.4, 0.5) is 9.52 Å². The average Bonchev–Trinajstić information content (AvgIpc) is 3.56. The van der Waals surface area contributed by atoms with Crippen LogP contribution in [0.5, 0.6) is 0 Å². The largest absolute Gasteiger partial charge is 0.477 e. The Kier molecular flexibility index (Phi) is 7.40. The number of rotatable bonds is 9. The fourth-order valence-electron chi connectivity index (χ4n) is 4.15. The molecule has 2 unspecified atom stereocenters. The highest BCUT2D eigenvalue weighted by Crippen LogP contribution is 2.39. The minimum absolute atomic E-state index is 0.0646. The SMILES string of the molecule is Nc1nc(C(=NOCF)C(=O)NC2C(=O)N3C(C(=O)O)=C(/C=C/C[n+]4cccc5ccsc54)SCC23)cs1. The number of anilines is 1. The number of carboxylic acids is 1. The summed E-state index contributed by atoms with van der Waals surface area (Å²) >= 11 is 3.95. The van der Waals surface area contributed by atoms with Crippen molar-refractivity contribution in [2.75, 3.05) is 18.3 Å². The lowest BCUT2D eigenvalue weighted by Crippen LogP contribution is -2.73. The molecule has 0 radical (unpaired) electrons. The zero-order valence-corrected chi connectivity index (χ0v) is 21.9. The van der Waals surface area contributed by atoms with Gasteiger partial charge in [-0.25, -0.2) is 14.2 Å². The highest BCUT2D eigenvalue weighted by atomic mass is 32.2. The first-order valence-electron chi connectivity index (χ1n) is 11.1. The van der Waals surface area contributed by atoms with Crippen molar-refractivity contribution in [3.63, 3.8) is 0 Å². The summed E-state index contributed by atoms with van der Waals surface area (Å²) in [6.07, 6.45) is 5.50. The topological polar surface area (TPSA) is 151 Å². The normalized spacial score (nSPS) is 19.6. The van der Waals surface area contributed by atoms with E-state index in [0.29, 0.717) is 17.2 Å². The quantitative estimate of drug-likeness (QED) is 0.151. The second kappa shape index (κ2) is 10.9. The number of aliphatic carboxylic acids is 1. The molecule has 2 aliphatic rings. The maximum absolute atomic E-state index is 13.0. The molecule has 5 heterocycles. The number of aromatic nitrogens is 2. The Morgan fingerprint density at radius 2 is 2.24 bits per heavy atom. The van der Waals surface area contributed by atoms with Crippen LogP contribution in [-0.4, -0.2) is 63.2 Å². The molecule has 15 heteroatoms. The molecule has 2 atom stereocenters. The predicted molar refractivity (Wildman–Crippen MR) is 141 cm³/mol. The van der Waals surface area contributed by atoms with E-state index in [9.17, 15) is 23.9 Å². The van der Waals surface area contributed by atoms with Gasteiger partial charge in [0.1, 0.15) is 17.4 Å². The van der Waals surface area contributed by atoms with E-state index < -0.39 is 36.7 Å². The molecule has 11 nitrogen and oxygen atoms in total. The summed E-state index contributed by atoms with van der Waals surface area (Å²) in [5, 5.41) is 20.7. The van der Waals surface area contributed by atoms with Gasteiger partial charge in [0.25, 0.3) is 23.5 Å². The molecule has 196 valence electrons. The first-order chi connectivity index (χ1) is 18.4. The molecule has 0 spiro atoms. The molecule has 0 aromatic carbocycles. The van der Waals surface area contributed by atoms with Crippen molar-refractivity contribution in [1.29, 1.82) is 0 Å². The number of pyridine rings is 1. The van der Waals surface area contributed by atoms with Crippen molar-refractivity contribution in [2.24, 2.45) is 5.16 Å². The number of halogens is 1. The number of carboxylic acid groups (broad SMARTS) is 1. The first kappa shape index (κ1) is 25.8. The number of nitrogen functional groups attached to an aromatic ring is 1. The summed E-state index contributed by atoms with van der Waals surface area (Å²) in [5.41, 5.74) is 5.19. The van der Waals surface area contributed by atoms with Crippen molar-refractivity contribution < 1.29 is 33.3 Å². The lowest BCUT2D eigenvalue weighted by Gasteiger charge is -2.49. The number of hydrogen-bond acceptors (Lipinski definition) is 10. The monoisotopic (exact) mass is 575 g/mol. The molecule has 0 saturated carbocycles. The summed E-state index contributed by atoms with van der Waals surface area (Å²) in [5.74, 6) is -2.28. The van der Waals surface area contributed by atoms with Crippen molar-refractivity contribution >= 4 is 73.3 Å². The maximum Gasteiger partial charge on any atom is 0.353 e. The van der Waals surface area contributed by atoms with Crippen LogP contribution >= 0.6 is 34.4 Å². The van der Waals surface area contributed by atoms with E-state index >= 15 is 0 Å². The third-order valence-corrected chi connectivity index (χ3v) is 8.61. The van der Waals surface area contributed by atoms with Crippen molar-refractivity contribution in [2.45, 2.75) is 18.6 Å². The molecule has 5 rings (SSSR count). The summed E-state index contributed by atoms with van der Waals surface area (Å²) in [7, 11) is 0. The molecular weight excluding hydrogens is 555 g/mol. The number of carbonyl (C=O) groups excluding carboxylic acids is 2. The van der Waals surface area contributed by atoms with Gasteiger partial charge in [-0.3, -0.25) is 14.5 Å². The van der Waals surface area contributed by atoms with Gasteiger partial charge in [0.15, 0.2) is 23.6 Å². The van der Waals surface area contributed by atoms with E-state index in [0.717, 1.165) is 21.6 Å². The fourth-order valence-corrected chi connectivity index (χ4v) is 6.79. The summed E-state index contributed by atoms with van der Waals surface area (Å²) in [6, 6.07) is 4.42. The van der Waals surface area contributed by atoms with Crippen LogP contribution < -0.4 is 15.6 Å². The van der Waals surface area contributed by atoms with Crippen molar-refractivity contribution in [3.05, 3.63) is 63.6 Å². The number of hydrogen-bond donors (Lipinski definition) is 3. The smallest absolute Gasteiger partial charge is 0.353 e. The number of allylic oxidation sites excluding steroid dienone is 2. The number of nitrogens with zero attached hydrogens (tertiary/aromatic N) is 4. The van der Waals surface area contributed by atoms with Gasteiger partial charge in [0.05, 0.1) is 11.4 Å². The van der Waals surface area contributed by atoms with Gasteiger partial charge in [0, 0.05) is 22.1 Å². The lowest BCUT2D eigenvalue weighted by atomic mass is 9.94. The number of fused-ring (bicyclic) bond motifs is 2. The number of thioether (sulfide) groups is 1. The third-order valence-electron chi connectivity index (χ3n) is 5.83. The molecule has 1 saturated heterocycles. The minimum atomic E-state index is -1.27. The second-order valence-corrected chi connectivity index (χ2v) is 10.9. The molecule has 2 aliphatic heterocycles. The van der Waals surface area contributed by atoms with Crippen LogP contribution in [0, 0.1) is 0 Å². The number of β-lactam (4-membered cyclic amide) rings is 1. The molecule has 2 amide bonds. The van der Waals surface area contributed by atoms with Crippen LogP contribution in [0.25, 0.3) is 10.2 Å². The Bertz CT molecular complexity index is 1520. The molecule has 0 aliphatic carbocycles. The molecule has 3 aromatic heterocycles. The standard InChI is InChI=1S/C23H19FN6O5S3/c24-11-35-28-16(13-9-38-23(25)26-13)19(31)27-17-14-10-37-15(18(22(33)34)30(14)20(17)32)4-2-7-29-6-1-3-12-5-8-36-21(12)29/h1-6,8-9,14,17H,7,10-11H2,(H3-,25,26,27,31,33,34)/p+1/b4-2+,28-16?. The van der Waals surface area contributed by atoms with E-state index in [1.807, 2.05) is 35.9 Å². The van der Waals surface area contributed by atoms with Gasteiger partial charge in [-0.05, 0) is 29.7 Å². The predicted octanol–water partition coefficient (Wildman–Crippen LogP) is 1.87. The highest BCUT2D eigenvalue weighted by molar-refractivity contribution is 8.03. The van der Waals surface area contributed by atoms with Crippen LogP contribution in [-0.2, 0) is 25.8 Å². The van der Waals surface area contributed by atoms with Crippen LogP contribution in [0.15, 0.2) is 63.1 Å². The Labute approximate surface area is 227 Å². The summed E-state index contributed by atoms with van der Waals surface area (Å²) < 4.78 is 14.6. The maximum atomic E-state index is 13.0. The summed E-state index contributed by atoms with van der Waals surface area (Å²) in [6.45, 7) is -0.745. The Morgan fingerprint density at radius 1 is 1.39 bits per heavy atom. The van der Waals surface area contributed by atoms with E-state index in [-0.39, 0.29) is 22.2 Å². The molecule has 0 bridgehead atoms. The average molecular weight is 576 g/mol. The number of nitrogens with one attached hydrogen (secondary N) is 1. The first-order valence-corrected chi connectivity index (χ1v) is 13.9. The van der Waals surface area contributed by atoms with E-state index in [1.165, 1.54) is 22.0 Å². The summed E-state index contributed by atoms with van der Waals surface area (Å²) in [4.78, 5) is 49.1. The number of thiophene rings is 1. The molecule has 1 fully saturated rings. The van der Waals surface area contributed by atoms with Crippen molar-refractivity contribution in [3.8, 4) is 0 Å². The van der Waals surface area contributed by atoms with Crippen LogP contribution in [0.1, 0.15) is 5.69 Å². The third kappa shape index (κ3) is 4.87. The van der Waals surface area contributed by atoms with E-state index in [2.05, 4.69) is 24.9 Å². The molecule has 4 N–H and O–H groups in total. The van der Waals surface area contributed by atoms with Crippen LogP contribution in [0.3, 0.4) is 0 Å². The Morgan fingerprint density at radius 3 is 2.97 bits per heavy atom. The fraction of sp³-hybridized carbons (Fsp3) is 0.217. The van der Waals surface area contributed by atoms with Gasteiger partial charge in [0.2, 0.25) is 0 Å². The number of amides is 2. The Hall–Kier alpha value is -3.82. The van der Waals surface area contributed by atoms with Crippen LogP contribution in [0.2, 0.25) is 0 Å². The number of oxime groups is 1. The van der Waals surface area contributed by atoms with Crippen molar-refractivity contribution in [1.82, 2.24) is 15.2 Å². The minimum Gasteiger partial charge on any atom is -0.477 e. The zero-order valence-electron chi connectivity index (χ0n) is 19.4. The number of carbonyl (C=O) groups is 3. The number of nitrogens with two attached hydrogens (primary N) is 1. The highest BCUT2D eigenvalue weighted by Gasteiger charge is 2.54. The zero-order chi connectivity index (χ0) is 26.8. The number of alkyl halides is 1. The van der Waals surface area contributed by atoms with Gasteiger partial charge >= 0.3 is 5.97 Å². The number of thiazole rings is 1. The molecule has 38 heavy (non-hydrogen) atoms. The second-order valence-electron chi connectivity index (χ2n) is 8.05. The van der Waals surface area contributed by atoms with E-state index in [1.54, 1.807) is 17.4 Å².